The van der Waals surface area contributed by atoms with E-state index in [0.717, 1.165) is 25.5 Å². The molecule has 1 saturated heterocycles. The van der Waals surface area contributed by atoms with Gasteiger partial charge < -0.3 is 20.8 Å². The molecule has 1 aliphatic heterocycles. The molecule has 4 N–H and O–H groups in total. The average molecular weight is 535 g/mol. The van der Waals surface area contributed by atoms with Crippen molar-refractivity contribution in [3.05, 3.63) is 56.9 Å². The number of hydrogen-bond donors (Lipinski definition) is 4. The van der Waals surface area contributed by atoms with Crippen LogP contribution >= 0.6 is 22.6 Å². The monoisotopic (exact) mass is 535 g/mol. The number of hydrogen-bond acceptors (Lipinski definition) is 5. The summed E-state index contributed by atoms with van der Waals surface area (Å²) in [6, 6.07) is 6.48. The van der Waals surface area contributed by atoms with Gasteiger partial charge in [-0.1, -0.05) is 13.3 Å². The van der Waals surface area contributed by atoms with Crippen LogP contribution in [0.3, 0.4) is 0 Å². The van der Waals surface area contributed by atoms with Crippen LogP contribution < -0.4 is 10.6 Å². The van der Waals surface area contributed by atoms with Crippen LogP contribution in [0.4, 0.5) is 24.5 Å². The Morgan fingerprint density at radius 1 is 1.17 bits per heavy atom. The van der Waals surface area contributed by atoms with Gasteiger partial charge in [0.25, 0.3) is 0 Å². The lowest BCUT2D eigenvalue weighted by atomic mass is 9.92. The summed E-state index contributed by atoms with van der Waals surface area (Å²) >= 11 is 1.94. The highest BCUT2D eigenvalue weighted by molar-refractivity contribution is 14.1. The number of halogens is 4. The van der Waals surface area contributed by atoms with Gasteiger partial charge in [-0.05, 0) is 65.9 Å². The number of anilines is 2. The van der Waals surface area contributed by atoms with Crippen LogP contribution in [-0.4, -0.2) is 46.9 Å². The number of unbranched alkanes of at least 4 members (excludes halogenated alkanes) is 1. The molecule has 0 aliphatic carbocycles. The average Bonchev–Trinajstić information content (AvgIpc) is 2.68. The number of nitrogens with one attached hydrogen (secondary N) is 2. The van der Waals surface area contributed by atoms with Gasteiger partial charge in [-0.2, -0.15) is 0 Å². The first kappa shape index (κ1) is 23.3. The minimum absolute atomic E-state index is 0.0337. The summed E-state index contributed by atoms with van der Waals surface area (Å²) in [5, 5.41) is 27.0. The van der Waals surface area contributed by atoms with Crippen molar-refractivity contribution in [3.8, 4) is 0 Å². The van der Waals surface area contributed by atoms with E-state index in [1.807, 2.05) is 22.6 Å². The van der Waals surface area contributed by atoms with Crippen molar-refractivity contribution in [1.29, 1.82) is 0 Å². The van der Waals surface area contributed by atoms with Gasteiger partial charge in [-0.15, -0.1) is 0 Å². The second kappa shape index (κ2) is 9.82. The molecular weight excluding hydrogens is 510 g/mol. The summed E-state index contributed by atoms with van der Waals surface area (Å²) in [7, 11) is 0. The third-order valence-electron chi connectivity index (χ3n) is 5.10. The van der Waals surface area contributed by atoms with Crippen molar-refractivity contribution in [2.75, 3.05) is 31.5 Å². The van der Waals surface area contributed by atoms with Gasteiger partial charge in [-0.3, -0.25) is 4.90 Å². The summed E-state index contributed by atoms with van der Waals surface area (Å²) in [6.45, 7) is 3.59. The van der Waals surface area contributed by atoms with Gasteiger partial charge in [0.05, 0.1) is 11.4 Å². The molecule has 1 fully saturated rings. The smallest absolute Gasteiger partial charge is 0.182 e. The lowest BCUT2D eigenvalue weighted by Gasteiger charge is -2.49. The van der Waals surface area contributed by atoms with Gasteiger partial charge in [0, 0.05) is 28.8 Å². The van der Waals surface area contributed by atoms with Gasteiger partial charge in [0.1, 0.15) is 17.6 Å². The van der Waals surface area contributed by atoms with E-state index >= 15 is 0 Å². The number of rotatable bonds is 9. The number of β-amino-alcohol motifs (C(OH)–C–C–N with tert-alkyl or cyclic N) is 1. The van der Waals surface area contributed by atoms with Crippen molar-refractivity contribution in [2.24, 2.45) is 0 Å². The van der Waals surface area contributed by atoms with E-state index in [0.29, 0.717) is 10.1 Å². The van der Waals surface area contributed by atoms with Crippen LogP contribution in [0, 0.1) is 21.0 Å². The summed E-state index contributed by atoms with van der Waals surface area (Å²) in [4.78, 5) is 1.55. The topological polar surface area (TPSA) is 67.8 Å². The first-order valence-electron chi connectivity index (χ1n) is 9.79. The van der Waals surface area contributed by atoms with Crippen LogP contribution in [0.1, 0.15) is 31.6 Å². The zero-order valence-electron chi connectivity index (χ0n) is 16.6. The highest BCUT2D eigenvalue weighted by atomic mass is 127. The molecule has 1 aliphatic rings. The fourth-order valence-corrected chi connectivity index (χ4v) is 3.90. The van der Waals surface area contributed by atoms with Crippen LogP contribution in [0.5, 0.6) is 0 Å². The highest BCUT2D eigenvalue weighted by Crippen LogP contribution is 2.36. The molecule has 9 heteroatoms. The molecule has 0 amide bonds. The number of aliphatic hydroxyl groups excluding tert-OH is 1. The van der Waals surface area contributed by atoms with E-state index in [2.05, 4.69) is 17.6 Å². The van der Waals surface area contributed by atoms with Crippen molar-refractivity contribution < 1.29 is 23.4 Å². The maximum Gasteiger partial charge on any atom is 0.182 e. The molecule has 3 rings (SSSR count). The molecule has 1 heterocycles. The van der Waals surface area contributed by atoms with Crippen LogP contribution in [0.2, 0.25) is 0 Å². The Kier molecular flexibility index (Phi) is 7.61. The molecule has 2 aromatic rings. The first-order valence-corrected chi connectivity index (χ1v) is 10.9. The van der Waals surface area contributed by atoms with Gasteiger partial charge in [-0.25, -0.2) is 13.2 Å². The summed E-state index contributed by atoms with van der Waals surface area (Å²) in [5.41, 5.74) is -1.30. The molecule has 2 aromatic carbocycles. The fourth-order valence-electron chi connectivity index (χ4n) is 3.45. The summed E-state index contributed by atoms with van der Waals surface area (Å²) < 4.78 is 43.3. The number of nitrogens with zero attached hydrogens (tertiary/aromatic N) is 1. The lowest BCUT2D eigenvalue weighted by Crippen LogP contribution is -2.66. The van der Waals surface area contributed by atoms with Gasteiger partial charge >= 0.3 is 0 Å². The second-order valence-corrected chi connectivity index (χ2v) is 8.85. The van der Waals surface area contributed by atoms with E-state index in [-0.39, 0.29) is 30.0 Å². The predicted octanol–water partition coefficient (Wildman–Crippen LogP) is 3.88. The molecule has 0 radical (unpaired) electrons. The van der Waals surface area contributed by atoms with Gasteiger partial charge in [0.15, 0.2) is 11.6 Å². The molecular formula is C21H25F3IN3O2. The summed E-state index contributed by atoms with van der Waals surface area (Å²) in [6.07, 6.45) is 0.760. The van der Waals surface area contributed by atoms with Gasteiger partial charge in [0.2, 0.25) is 0 Å². The number of benzene rings is 2. The minimum atomic E-state index is -1.29. The van der Waals surface area contributed by atoms with Crippen molar-refractivity contribution in [1.82, 2.24) is 10.2 Å². The Morgan fingerprint density at radius 3 is 2.57 bits per heavy atom. The molecule has 0 aromatic heterocycles. The Labute approximate surface area is 187 Å². The van der Waals surface area contributed by atoms with Crippen LogP contribution in [0.15, 0.2) is 30.3 Å². The molecule has 0 spiro atoms. The van der Waals surface area contributed by atoms with Crippen molar-refractivity contribution in [3.63, 3.8) is 0 Å². The molecule has 164 valence electrons. The predicted molar refractivity (Wildman–Crippen MR) is 118 cm³/mol. The quantitative estimate of drug-likeness (QED) is 0.290. The van der Waals surface area contributed by atoms with E-state index in [4.69, 9.17) is 0 Å². The minimum Gasteiger partial charge on any atom is -0.386 e. The number of aliphatic hydroxyl groups is 2. The maximum absolute atomic E-state index is 14.5. The zero-order valence-corrected chi connectivity index (χ0v) is 18.7. The molecule has 1 atom stereocenters. The zero-order chi connectivity index (χ0) is 21.9. The first-order chi connectivity index (χ1) is 14.2. The fraction of sp³-hybridized carbons (Fsp3) is 0.429. The lowest BCUT2D eigenvalue weighted by molar-refractivity contribution is -0.160. The Balaban J connectivity index is 1.75. The summed E-state index contributed by atoms with van der Waals surface area (Å²) in [5.74, 6) is -2.94. The Hall–Kier alpha value is -1.40. The molecule has 1 unspecified atom stereocenters. The standard InChI is InChI=1S/C21H25F3IN3O2/c1-2-3-8-26-10-21(30)11-28(12-21)20(29)14-5-6-15(22)18(24)19(14)27-17-7-4-13(25)9-16(17)23/h4-7,9,20,26-27,29-30H,2-3,8,10-12H2,1H3. The Bertz CT molecular complexity index is 894. The molecule has 0 bridgehead atoms. The van der Waals surface area contributed by atoms with E-state index in [1.165, 1.54) is 18.2 Å². The molecule has 30 heavy (non-hydrogen) atoms. The normalized spacial score (nSPS) is 16.9. The third kappa shape index (κ3) is 5.25. The van der Waals surface area contributed by atoms with Crippen LogP contribution in [0.25, 0.3) is 0 Å². The van der Waals surface area contributed by atoms with Crippen molar-refractivity contribution in [2.45, 2.75) is 31.6 Å². The van der Waals surface area contributed by atoms with E-state index in [1.54, 1.807) is 11.0 Å². The maximum atomic E-state index is 14.5. The molecule has 0 saturated carbocycles. The van der Waals surface area contributed by atoms with Crippen molar-refractivity contribution >= 4 is 34.0 Å². The van der Waals surface area contributed by atoms with E-state index in [9.17, 15) is 23.4 Å². The number of likely N-dealkylation sites (tertiary alicyclic amines) is 1. The third-order valence-corrected chi connectivity index (χ3v) is 5.77. The highest BCUT2D eigenvalue weighted by Gasteiger charge is 2.44. The largest absolute Gasteiger partial charge is 0.386 e. The molecule has 5 nitrogen and oxygen atoms in total. The van der Waals surface area contributed by atoms with E-state index < -0.39 is 29.3 Å². The van der Waals surface area contributed by atoms with Crippen LogP contribution in [-0.2, 0) is 0 Å². The Morgan fingerprint density at radius 2 is 1.90 bits per heavy atom. The second-order valence-electron chi connectivity index (χ2n) is 7.61. The SMILES string of the molecule is CCCCNCC1(O)CN(C(O)c2ccc(F)c(F)c2Nc2ccc(I)cc2F)C1.